The molecule has 1 aliphatic heterocycles. The smallest absolute Gasteiger partial charge is 0.182 e. The molecule has 1 aliphatic rings. The van der Waals surface area contributed by atoms with Gasteiger partial charge in [0, 0.05) is 6.54 Å². The summed E-state index contributed by atoms with van der Waals surface area (Å²) >= 11 is 0. The van der Waals surface area contributed by atoms with E-state index >= 15 is 0 Å². The van der Waals surface area contributed by atoms with Crippen LogP contribution in [0, 0.1) is 0 Å². The van der Waals surface area contributed by atoms with Crippen molar-refractivity contribution in [1.82, 2.24) is 5.32 Å². The van der Waals surface area contributed by atoms with Gasteiger partial charge in [-0.1, -0.05) is 0 Å². The average molecular weight is 127 g/mol. The first-order valence-corrected chi connectivity index (χ1v) is 3.41. The molecule has 0 aromatic rings. The van der Waals surface area contributed by atoms with Crippen molar-refractivity contribution in [3.8, 4) is 0 Å². The molecule has 0 spiro atoms. The summed E-state index contributed by atoms with van der Waals surface area (Å²) in [6.45, 7) is 1.06. The monoisotopic (exact) mass is 127 g/mol. The summed E-state index contributed by atoms with van der Waals surface area (Å²) in [5.74, 6) is 0.938. The highest BCUT2D eigenvalue weighted by atomic mass is 16.5. The molecule has 0 fully saturated rings. The number of hydrogen-bond donors (Lipinski definition) is 1. The number of ether oxygens (including phenoxy) is 1. The lowest BCUT2D eigenvalue weighted by molar-refractivity contribution is 0.262. The molecule has 0 amide bonds. The first-order valence-electron chi connectivity index (χ1n) is 3.41. The van der Waals surface area contributed by atoms with Gasteiger partial charge in [-0.3, -0.25) is 0 Å². The molecule has 0 aliphatic carbocycles. The zero-order valence-electron chi connectivity index (χ0n) is 5.81. The van der Waals surface area contributed by atoms with Crippen molar-refractivity contribution < 1.29 is 4.74 Å². The average Bonchev–Trinajstić information content (AvgIpc) is 2.13. The summed E-state index contributed by atoms with van der Waals surface area (Å²) in [5.41, 5.74) is 0. The van der Waals surface area contributed by atoms with Crippen LogP contribution < -0.4 is 5.32 Å². The Morgan fingerprint density at radius 1 is 1.56 bits per heavy atom. The van der Waals surface area contributed by atoms with Crippen LogP contribution in [0.4, 0.5) is 0 Å². The van der Waals surface area contributed by atoms with Gasteiger partial charge < -0.3 is 10.1 Å². The highest BCUT2D eigenvalue weighted by Crippen LogP contribution is 2.04. The minimum atomic E-state index is 0.938. The molecule has 1 N–H and O–H groups in total. The minimum absolute atomic E-state index is 0.938. The number of methoxy groups -OCH3 is 1. The molecule has 0 saturated carbocycles. The largest absolute Gasteiger partial charge is 0.483 e. The van der Waals surface area contributed by atoms with E-state index in [2.05, 4.69) is 11.4 Å². The second-order valence-electron chi connectivity index (χ2n) is 2.20. The van der Waals surface area contributed by atoms with Crippen LogP contribution in [0.5, 0.6) is 0 Å². The van der Waals surface area contributed by atoms with Crippen molar-refractivity contribution in [3.63, 3.8) is 0 Å². The van der Waals surface area contributed by atoms with Crippen LogP contribution in [-0.2, 0) is 4.74 Å². The topological polar surface area (TPSA) is 21.3 Å². The standard InChI is InChI=1S/C7H13NO/c1-9-7-5-3-2-4-6-8-7/h5,8H,2-4,6H2,1H3. The quantitative estimate of drug-likeness (QED) is 0.572. The SMILES string of the molecule is COC1=CCCCCN1. The van der Waals surface area contributed by atoms with E-state index in [9.17, 15) is 0 Å². The third-order valence-corrected chi connectivity index (χ3v) is 1.48. The molecule has 0 atom stereocenters. The number of hydrogen-bond acceptors (Lipinski definition) is 2. The van der Waals surface area contributed by atoms with Gasteiger partial charge in [-0.05, 0) is 25.3 Å². The van der Waals surface area contributed by atoms with E-state index in [1.165, 1.54) is 12.8 Å². The van der Waals surface area contributed by atoms with Gasteiger partial charge >= 0.3 is 0 Å². The van der Waals surface area contributed by atoms with Crippen molar-refractivity contribution in [2.24, 2.45) is 0 Å². The predicted molar refractivity (Wildman–Crippen MR) is 36.9 cm³/mol. The lowest BCUT2D eigenvalue weighted by Gasteiger charge is -2.04. The molecule has 9 heavy (non-hydrogen) atoms. The maximum absolute atomic E-state index is 5.02. The molecule has 0 bridgehead atoms. The van der Waals surface area contributed by atoms with Crippen LogP contribution in [0.3, 0.4) is 0 Å². The zero-order chi connectivity index (χ0) is 6.53. The van der Waals surface area contributed by atoms with Crippen LogP contribution in [0.2, 0.25) is 0 Å². The summed E-state index contributed by atoms with van der Waals surface area (Å²) in [5, 5.41) is 3.17. The second kappa shape index (κ2) is 3.38. The minimum Gasteiger partial charge on any atom is -0.483 e. The number of nitrogens with one attached hydrogen (secondary N) is 1. The van der Waals surface area contributed by atoms with E-state index in [1.54, 1.807) is 7.11 Å². The van der Waals surface area contributed by atoms with Crippen molar-refractivity contribution in [2.75, 3.05) is 13.7 Å². The van der Waals surface area contributed by atoms with Gasteiger partial charge in [0.2, 0.25) is 0 Å². The van der Waals surface area contributed by atoms with Gasteiger partial charge in [-0.2, -0.15) is 0 Å². The first-order chi connectivity index (χ1) is 4.43. The molecular weight excluding hydrogens is 114 g/mol. The lowest BCUT2D eigenvalue weighted by Crippen LogP contribution is -2.13. The van der Waals surface area contributed by atoms with Crippen molar-refractivity contribution in [3.05, 3.63) is 12.0 Å². The van der Waals surface area contributed by atoms with Crippen LogP contribution >= 0.6 is 0 Å². The lowest BCUT2D eigenvalue weighted by atomic mass is 10.2. The number of rotatable bonds is 1. The van der Waals surface area contributed by atoms with Crippen molar-refractivity contribution in [1.29, 1.82) is 0 Å². The van der Waals surface area contributed by atoms with Crippen LogP contribution in [0.1, 0.15) is 19.3 Å². The van der Waals surface area contributed by atoms with Crippen LogP contribution in [0.15, 0.2) is 12.0 Å². The maximum Gasteiger partial charge on any atom is 0.182 e. The Morgan fingerprint density at radius 3 is 3.22 bits per heavy atom. The molecule has 1 rings (SSSR count). The van der Waals surface area contributed by atoms with Crippen molar-refractivity contribution in [2.45, 2.75) is 19.3 Å². The Labute approximate surface area is 55.9 Å². The van der Waals surface area contributed by atoms with Gasteiger partial charge in [0.1, 0.15) is 0 Å². The summed E-state index contributed by atoms with van der Waals surface area (Å²) in [6.07, 6.45) is 5.78. The normalized spacial score (nSPS) is 19.4. The van der Waals surface area contributed by atoms with E-state index in [-0.39, 0.29) is 0 Å². The molecule has 52 valence electrons. The fourth-order valence-electron chi connectivity index (χ4n) is 0.942. The van der Waals surface area contributed by atoms with Crippen molar-refractivity contribution >= 4 is 0 Å². The Balaban J connectivity index is 2.37. The third kappa shape index (κ3) is 1.96. The van der Waals surface area contributed by atoms with E-state index in [4.69, 9.17) is 4.74 Å². The molecule has 0 aromatic carbocycles. The molecule has 0 radical (unpaired) electrons. The molecule has 0 unspecified atom stereocenters. The van der Waals surface area contributed by atoms with Gasteiger partial charge in [-0.15, -0.1) is 0 Å². The summed E-state index contributed by atoms with van der Waals surface area (Å²) in [4.78, 5) is 0. The summed E-state index contributed by atoms with van der Waals surface area (Å²) in [7, 11) is 1.70. The van der Waals surface area contributed by atoms with Gasteiger partial charge in [0.05, 0.1) is 7.11 Å². The first kappa shape index (κ1) is 6.46. The third-order valence-electron chi connectivity index (χ3n) is 1.48. The Morgan fingerprint density at radius 2 is 2.44 bits per heavy atom. The highest BCUT2D eigenvalue weighted by molar-refractivity contribution is 4.92. The molecule has 2 nitrogen and oxygen atoms in total. The van der Waals surface area contributed by atoms with Gasteiger partial charge in [0.15, 0.2) is 5.88 Å². The Hall–Kier alpha value is -0.660. The number of allylic oxidation sites excluding steroid dienone is 1. The molecular formula is C7H13NO. The van der Waals surface area contributed by atoms with Crippen LogP contribution in [-0.4, -0.2) is 13.7 Å². The van der Waals surface area contributed by atoms with Gasteiger partial charge in [-0.25, -0.2) is 0 Å². The van der Waals surface area contributed by atoms with E-state index in [1.807, 2.05) is 0 Å². The van der Waals surface area contributed by atoms with E-state index < -0.39 is 0 Å². The molecule has 0 aromatic heterocycles. The summed E-state index contributed by atoms with van der Waals surface area (Å²) in [6, 6.07) is 0. The predicted octanol–water partition coefficient (Wildman–Crippen LogP) is 1.25. The van der Waals surface area contributed by atoms with E-state index in [0.717, 1.165) is 18.8 Å². The molecule has 1 heterocycles. The molecule has 0 saturated heterocycles. The zero-order valence-corrected chi connectivity index (χ0v) is 5.81. The fourth-order valence-corrected chi connectivity index (χ4v) is 0.942. The van der Waals surface area contributed by atoms with E-state index in [0.29, 0.717) is 0 Å². The van der Waals surface area contributed by atoms with Crippen LogP contribution in [0.25, 0.3) is 0 Å². The maximum atomic E-state index is 5.02. The highest BCUT2D eigenvalue weighted by Gasteiger charge is 1.98. The Kier molecular flexibility index (Phi) is 2.43. The summed E-state index contributed by atoms with van der Waals surface area (Å²) < 4.78 is 5.02. The molecule has 2 heteroatoms. The second-order valence-corrected chi connectivity index (χ2v) is 2.20. The Bertz CT molecular complexity index is 109. The van der Waals surface area contributed by atoms with Gasteiger partial charge in [0.25, 0.3) is 0 Å². The fraction of sp³-hybridized carbons (Fsp3) is 0.714.